The fraction of sp³-hybridized carbons (Fsp3) is 0.250. The van der Waals surface area contributed by atoms with Crippen LogP contribution in [0.1, 0.15) is 6.92 Å². The molecule has 5 heteroatoms. The van der Waals surface area contributed by atoms with E-state index in [1.807, 2.05) is 44.3 Å². The molecule has 0 fully saturated rings. The monoisotopic (exact) mass is 285 g/mol. The molecule has 1 heterocycles. The van der Waals surface area contributed by atoms with Gasteiger partial charge in [-0.15, -0.1) is 0 Å². The standard InChI is InChI=1S/C16H19N3O2/c1-12(10-17-2)16(20)19-13-8-9-15(18-11-13)21-14-6-4-3-5-7-14/h3-9,11-12,17H,10H2,1-2H3,(H,19,20). The van der Waals surface area contributed by atoms with E-state index in [0.717, 1.165) is 5.75 Å². The van der Waals surface area contributed by atoms with Gasteiger partial charge in [0.1, 0.15) is 5.75 Å². The Morgan fingerprint density at radius 2 is 2.00 bits per heavy atom. The Hall–Kier alpha value is -2.40. The largest absolute Gasteiger partial charge is 0.439 e. The van der Waals surface area contributed by atoms with Crippen LogP contribution in [0, 0.1) is 5.92 Å². The number of para-hydroxylation sites is 1. The molecule has 0 bridgehead atoms. The van der Waals surface area contributed by atoms with E-state index >= 15 is 0 Å². The number of benzene rings is 1. The number of rotatable bonds is 6. The van der Waals surface area contributed by atoms with E-state index < -0.39 is 0 Å². The van der Waals surface area contributed by atoms with Gasteiger partial charge in [0.15, 0.2) is 0 Å². The van der Waals surface area contributed by atoms with Crippen molar-refractivity contribution in [2.45, 2.75) is 6.92 Å². The summed E-state index contributed by atoms with van der Waals surface area (Å²) in [5.41, 5.74) is 0.656. The van der Waals surface area contributed by atoms with Gasteiger partial charge in [-0.05, 0) is 25.2 Å². The van der Waals surface area contributed by atoms with Gasteiger partial charge >= 0.3 is 0 Å². The zero-order valence-electron chi connectivity index (χ0n) is 12.2. The lowest BCUT2D eigenvalue weighted by atomic mass is 10.1. The minimum Gasteiger partial charge on any atom is -0.439 e. The van der Waals surface area contributed by atoms with Gasteiger partial charge < -0.3 is 15.4 Å². The van der Waals surface area contributed by atoms with Gasteiger partial charge in [0.05, 0.1) is 11.9 Å². The molecule has 1 aromatic heterocycles. The predicted molar refractivity (Wildman–Crippen MR) is 82.5 cm³/mol. The number of amides is 1. The summed E-state index contributed by atoms with van der Waals surface area (Å²) in [6, 6.07) is 12.9. The first-order chi connectivity index (χ1) is 10.2. The Morgan fingerprint density at radius 3 is 2.62 bits per heavy atom. The van der Waals surface area contributed by atoms with E-state index in [9.17, 15) is 4.79 Å². The highest BCUT2D eigenvalue weighted by Crippen LogP contribution is 2.19. The van der Waals surface area contributed by atoms with Gasteiger partial charge in [0.25, 0.3) is 0 Å². The second kappa shape index (κ2) is 7.40. The molecule has 2 N–H and O–H groups in total. The van der Waals surface area contributed by atoms with Gasteiger partial charge in [0, 0.05) is 18.5 Å². The van der Waals surface area contributed by atoms with E-state index in [1.54, 1.807) is 18.3 Å². The zero-order valence-corrected chi connectivity index (χ0v) is 12.2. The summed E-state index contributed by atoms with van der Waals surface area (Å²) in [6.45, 7) is 2.50. The first kappa shape index (κ1) is 15.0. The Balaban J connectivity index is 1.94. The zero-order chi connectivity index (χ0) is 15.1. The molecule has 0 saturated heterocycles. The molecule has 1 aromatic carbocycles. The van der Waals surface area contributed by atoms with E-state index in [-0.39, 0.29) is 11.8 Å². The fourth-order valence-electron chi connectivity index (χ4n) is 1.79. The van der Waals surface area contributed by atoms with Crippen molar-refractivity contribution in [1.82, 2.24) is 10.3 Å². The SMILES string of the molecule is CNCC(C)C(=O)Nc1ccc(Oc2ccccc2)nc1. The number of aromatic nitrogens is 1. The number of hydrogen-bond donors (Lipinski definition) is 2. The van der Waals surface area contributed by atoms with Crippen molar-refractivity contribution in [3.63, 3.8) is 0 Å². The number of anilines is 1. The van der Waals surface area contributed by atoms with Crippen molar-refractivity contribution in [3.8, 4) is 11.6 Å². The van der Waals surface area contributed by atoms with Crippen LogP contribution in [0.15, 0.2) is 48.7 Å². The maximum atomic E-state index is 11.9. The van der Waals surface area contributed by atoms with Crippen LogP contribution in [-0.4, -0.2) is 24.5 Å². The van der Waals surface area contributed by atoms with Crippen LogP contribution in [0.25, 0.3) is 0 Å². The molecule has 0 saturated carbocycles. The molecule has 2 aromatic rings. The van der Waals surface area contributed by atoms with Crippen LogP contribution in [0.3, 0.4) is 0 Å². The molecule has 2 rings (SSSR count). The molecule has 5 nitrogen and oxygen atoms in total. The summed E-state index contributed by atoms with van der Waals surface area (Å²) in [7, 11) is 1.82. The minimum absolute atomic E-state index is 0.0390. The number of ether oxygens (including phenoxy) is 1. The molecule has 1 amide bonds. The van der Waals surface area contributed by atoms with Crippen molar-refractivity contribution < 1.29 is 9.53 Å². The summed E-state index contributed by atoms with van der Waals surface area (Å²) in [6.07, 6.45) is 1.59. The van der Waals surface area contributed by atoms with Crippen LogP contribution in [0.5, 0.6) is 11.6 Å². The van der Waals surface area contributed by atoms with Gasteiger partial charge in [0.2, 0.25) is 11.8 Å². The lowest BCUT2D eigenvalue weighted by Crippen LogP contribution is -2.28. The summed E-state index contributed by atoms with van der Waals surface area (Å²) >= 11 is 0. The third-order valence-electron chi connectivity index (χ3n) is 2.93. The lowest BCUT2D eigenvalue weighted by molar-refractivity contribution is -0.119. The topological polar surface area (TPSA) is 63.2 Å². The summed E-state index contributed by atoms with van der Waals surface area (Å²) in [5, 5.41) is 5.79. The van der Waals surface area contributed by atoms with E-state index in [0.29, 0.717) is 18.1 Å². The summed E-state index contributed by atoms with van der Waals surface area (Å²) < 4.78 is 5.59. The average Bonchev–Trinajstić information content (AvgIpc) is 2.50. The second-order valence-electron chi connectivity index (χ2n) is 4.75. The Labute approximate surface area is 124 Å². The van der Waals surface area contributed by atoms with Crippen molar-refractivity contribution in [2.24, 2.45) is 5.92 Å². The number of carbonyl (C=O) groups excluding carboxylic acids is 1. The predicted octanol–water partition coefficient (Wildman–Crippen LogP) is 2.67. The van der Waals surface area contributed by atoms with Crippen molar-refractivity contribution in [1.29, 1.82) is 0 Å². The smallest absolute Gasteiger partial charge is 0.228 e. The maximum Gasteiger partial charge on any atom is 0.228 e. The molecule has 0 spiro atoms. The molecule has 0 radical (unpaired) electrons. The normalized spacial score (nSPS) is 11.7. The molecule has 0 aliphatic rings. The highest BCUT2D eigenvalue weighted by atomic mass is 16.5. The van der Waals surface area contributed by atoms with Gasteiger partial charge in [-0.25, -0.2) is 4.98 Å². The van der Waals surface area contributed by atoms with Crippen molar-refractivity contribution in [3.05, 3.63) is 48.7 Å². The van der Waals surface area contributed by atoms with Crippen LogP contribution < -0.4 is 15.4 Å². The van der Waals surface area contributed by atoms with E-state index in [1.165, 1.54) is 0 Å². The van der Waals surface area contributed by atoms with Gasteiger partial charge in [-0.1, -0.05) is 25.1 Å². The van der Waals surface area contributed by atoms with Crippen molar-refractivity contribution >= 4 is 11.6 Å². The number of pyridine rings is 1. The van der Waals surface area contributed by atoms with Crippen LogP contribution >= 0.6 is 0 Å². The first-order valence-electron chi connectivity index (χ1n) is 6.83. The fourth-order valence-corrected chi connectivity index (χ4v) is 1.79. The minimum atomic E-state index is -0.102. The van der Waals surface area contributed by atoms with Crippen LogP contribution in [0.2, 0.25) is 0 Å². The highest BCUT2D eigenvalue weighted by Gasteiger charge is 2.12. The second-order valence-corrected chi connectivity index (χ2v) is 4.75. The number of carbonyl (C=O) groups is 1. The first-order valence-corrected chi connectivity index (χ1v) is 6.83. The van der Waals surface area contributed by atoms with Gasteiger partial charge in [-0.2, -0.15) is 0 Å². The quantitative estimate of drug-likeness (QED) is 0.856. The number of hydrogen-bond acceptors (Lipinski definition) is 4. The van der Waals surface area contributed by atoms with Crippen molar-refractivity contribution in [2.75, 3.05) is 18.9 Å². The molecule has 0 aliphatic heterocycles. The summed E-state index contributed by atoms with van der Waals surface area (Å²) in [5.74, 6) is 1.07. The Bertz CT molecular complexity index is 570. The van der Waals surface area contributed by atoms with Crippen LogP contribution in [0.4, 0.5) is 5.69 Å². The Kier molecular flexibility index (Phi) is 5.29. The van der Waals surface area contributed by atoms with Crippen LogP contribution in [-0.2, 0) is 4.79 Å². The number of nitrogens with zero attached hydrogens (tertiary/aromatic N) is 1. The Morgan fingerprint density at radius 1 is 1.24 bits per heavy atom. The molecule has 1 atom stereocenters. The third kappa shape index (κ3) is 4.57. The molecule has 110 valence electrons. The molecule has 0 aliphatic carbocycles. The summed E-state index contributed by atoms with van der Waals surface area (Å²) in [4.78, 5) is 16.0. The third-order valence-corrected chi connectivity index (χ3v) is 2.93. The molecule has 1 unspecified atom stereocenters. The average molecular weight is 285 g/mol. The highest BCUT2D eigenvalue weighted by molar-refractivity contribution is 5.92. The number of nitrogens with one attached hydrogen (secondary N) is 2. The maximum absolute atomic E-state index is 11.9. The van der Waals surface area contributed by atoms with Gasteiger partial charge in [-0.3, -0.25) is 4.79 Å². The molecular weight excluding hydrogens is 266 g/mol. The lowest BCUT2D eigenvalue weighted by Gasteiger charge is -2.11. The van der Waals surface area contributed by atoms with E-state index in [4.69, 9.17) is 4.74 Å². The molecule has 21 heavy (non-hydrogen) atoms. The van der Waals surface area contributed by atoms with E-state index in [2.05, 4.69) is 15.6 Å². The molecular formula is C16H19N3O2.